The molecule has 0 fully saturated rings. The zero-order chi connectivity index (χ0) is 23.6. The fraction of sp³-hybridized carbons (Fsp3) is 0.565. The number of rotatable bonds is 0. The number of hydrogen-bond donors (Lipinski definition) is 0. The Labute approximate surface area is 191 Å². The third-order valence-corrected chi connectivity index (χ3v) is 9.03. The van der Waals surface area contributed by atoms with Crippen LogP contribution in [-0.2, 0) is 17.6 Å². The first-order valence-electron chi connectivity index (χ1n) is 10.5. The molecule has 3 heterocycles. The third-order valence-electron chi connectivity index (χ3n) is 6.50. The molecule has 0 N–H and O–H groups in total. The molecule has 2 aromatic rings. The van der Waals surface area contributed by atoms with Gasteiger partial charge in [0, 0.05) is 32.7 Å². The van der Waals surface area contributed by atoms with Gasteiger partial charge >= 0.3 is 17.8 Å². The van der Waals surface area contributed by atoms with Crippen molar-refractivity contribution in [2.75, 3.05) is 13.2 Å². The van der Waals surface area contributed by atoms with Gasteiger partial charge in [-0.05, 0) is 75.6 Å². The molecule has 176 valence electrons. The molecule has 2 aliphatic rings. The summed E-state index contributed by atoms with van der Waals surface area (Å²) in [7, 11) is 0. The largest absolute Gasteiger partial charge is 0.381 e. The molecule has 4 bridgehead atoms. The molecule has 4 rings (SSSR count). The van der Waals surface area contributed by atoms with E-state index >= 15 is 17.6 Å². The van der Waals surface area contributed by atoms with Crippen LogP contribution in [0, 0.1) is 27.7 Å². The highest BCUT2D eigenvalue weighted by Crippen LogP contribution is 2.66. The van der Waals surface area contributed by atoms with E-state index in [2.05, 4.69) is 0 Å². The van der Waals surface area contributed by atoms with Crippen LogP contribution in [-0.4, -0.2) is 31.0 Å². The standard InChI is InChI=1S/C23H24F6OS2/c1-11-15-7-5-9-30-10-6-8-16-12(2)20(32-14(16)4)18-17(19(11)31-13(15)3)21(24,25)23(28,29)22(18,26)27/h5-10H2,1-4H3. The van der Waals surface area contributed by atoms with E-state index in [0.717, 1.165) is 33.8 Å². The van der Waals surface area contributed by atoms with Gasteiger partial charge in [0.1, 0.15) is 0 Å². The molecule has 32 heavy (non-hydrogen) atoms. The second-order valence-electron chi connectivity index (χ2n) is 8.47. The smallest absolute Gasteiger partial charge is 0.380 e. The van der Waals surface area contributed by atoms with E-state index in [9.17, 15) is 8.78 Å². The van der Waals surface area contributed by atoms with E-state index in [-0.39, 0.29) is 9.75 Å². The van der Waals surface area contributed by atoms with Gasteiger partial charge < -0.3 is 4.74 Å². The van der Waals surface area contributed by atoms with E-state index in [1.807, 2.05) is 0 Å². The van der Waals surface area contributed by atoms with Crippen LogP contribution in [0.15, 0.2) is 0 Å². The molecule has 0 aromatic carbocycles. The molecule has 2 aromatic heterocycles. The Hall–Kier alpha value is -1.32. The Morgan fingerprint density at radius 1 is 0.656 bits per heavy atom. The molecule has 0 radical (unpaired) electrons. The SMILES string of the molecule is Cc1sc2c(C)c1CCCOCCCc1c(C)sc(c1C)C1=C2C(F)(F)C(F)(F)C1(F)F. The van der Waals surface area contributed by atoms with Crippen molar-refractivity contribution in [1.29, 1.82) is 0 Å². The Morgan fingerprint density at radius 2 is 1.03 bits per heavy atom. The molecule has 0 amide bonds. The van der Waals surface area contributed by atoms with E-state index in [0.29, 0.717) is 59.8 Å². The zero-order valence-electron chi connectivity index (χ0n) is 18.2. The first-order valence-corrected chi connectivity index (χ1v) is 12.1. The van der Waals surface area contributed by atoms with Crippen LogP contribution in [0.3, 0.4) is 0 Å². The highest BCUT2D eigenvalue weighted by molar-refractivity contribution is 7.14. The van der Waals surface area contributed by atoms with E-state index < -0.39 is 28.9 Å². The van der Waals surface area contributed by atoms with Gasteiger partial charge in [-0.25, -0.2) is 0 Å². The summed E-state index contributed by atoms with van der Waals surface area (Å²) in [4.78, 5) is 1.00. The summed E-state index contributed by atoms with van der Waals surface area (Å²) in [5.74, 6) is -15.5. The van der Waals surface area contributed by atoms with Crippen molar-refractivity contribution < 1.29 is 31.1 Å². The highest BCUT2D eigenvalue weighted by atomic mass is 32.1. The number of halogens is 6. The van der Waals surface area contributed by atoms with E-state index in [1.54, 1.807) is 27.7 Å². The van der Waals surface area contributed by atoms with Crippen LogP contribution in [0.1, 0.15) is 54.6 Å². The average molecular weight is 495 g/mol. The molecule has 1 nitrogen and oxygen atoms in total. The number of thiophene rings is 2. The minimum atomic E-state index is -5.51. The number of fused-ring (bicyclic) bond motifs is 6. The van der Waals surface area contributed by atoms with Gasteiger partial charge in [0.25, 0.3) is 0 Å². The molecule has 0 saturated heterocycles. The maximum Gasteiger partial charge on any atom is 0.380 e. The van der Waals surface area contributed by atoms with Crippen molar-refractivity contribution in [2.24, 2.45) is 0 Å². The quantitative estimate of drug-likeness (QED) is 0.340. The third kappa shape index (κ3) is 3.21. The second kappa shape index (κ2) is 7.87. The molecule has 0 unspecified atom stereocenters. The van der Waals surface area contributed by atoms with Crippen LogP contribution in [0.25, 0.3) is 11.1 Å². The summed E-state index contributed by atoms with van der Waals surface area (Å²) in [6.45, 7) is 7.50. The maximum absolute atomic E-state index is 15.2. The lowest BCUT2D eigenvalue weighted by molar-refractivity contribution is -0.254. The molecule has 9 heteroatoms. The van der Waals surface area contributed by atoms with Crippen molar-refractivity contribution in [3.8, 4) is 0 Å². The zero-order valence-corrected chi connectivity index (χ0v) is 19.9. The van der Waals surface area contributed by atoms with Gasteiger partial charge in [-0.3, -0.25) is 0 Å². The lowest BCUT2D eigenvalue weighted by atomic mass is 9.96. The van der Waals surface area contributed by atoms with Crippen molar-refractivity contribution in [3.05, 3.63) is 41.8 Å². The fourth-order valence-corrected chi connectivity index (χ4v) is 7.32. The summed E-state index contributed by atoms with van der Waals surface area (Å²) < 4.78 is 95.7. The lowest BCUT2D eigenvalue weighted by Gasteiger charge is -2.25. The fourth-order valence-electron chi connectivity index (χ4n) is 4.73. The number of ether oxygens (including phenoxy) is 1. The van der Waals surface area contributed by atoms with Crippen molar-refractivity contribution in [3.63, 3.8) is 0 Å². The normalized spacial score (nSPS) is 22.4. The van der Waals surface area contributed by atoms with Crippen LogP contribution in [0.5, 0.6) is 0 Å². The Balaban J connectivity index is 2.09. The summed E-state index contributed by atoms with van der Waals surface area (Å²) in [5.41, 5.74) is -0.213. The predicted octanol–water partition coefficient (Wildman–Crippen LogP) is 7.77. The number of alkyl halides is 6. The molecule has 0 saturated carbocycles. The predicted molar refractivity (Wildman–Crippen MR) is 117 cm³/mol. The van der Waals surface area contributed by atoms with Gasteiger partial charge in [0.2, 0.25) is 0 Å². The topological polar surface area (TPSA) is 9.23 Å². The minimum Gasteiger partial charge on any atom is -0.381 e. The van der Waals surface area contributed by atoms with E-state index in [1.165, 1.54) is 0 Å². The van der Waals surface area contributed by atoms with Crippen molar-refractivity contribution in [2.45, 2.75) is 71.1 Å². The van der Waals surface area contributed by atoms with Crippen LogP contribution in [0.2, 0.25) is 0 Å². The monoisotopic (exact) mass is 494 g/mol. The number of hydrogen-bond acceptors (Lipinski definition) is 3. The van der Waals surface area contributed by atoms with Crippen LogP contribution < -0.4 is 0 Å². The van der Waals surface area contributed by atoms with Gasteiger partial charge in [-0.1, -0.05) is 0 Å². The maximum atomic E-state index is 15.2. The van der Waals surface area contributed by atoms with E-state index in [4.69, 9.17) is 4.74 Å². The molecule has 1 aliphatic carbocycles. The second-order valence-corrected chi connectivity index (χ2v) is 10.9. The summed E-state index contributed by atoms with van der Waals surface area (Å²) in [6.07, 6.45) is 2.28. The molecular weight excluding hydrogens is 470 g/mol. The summed E-state index contributed by atoms with van der Waals surface area (Å²) >= 11 is 1.79. The first kappa shape index (κ1) is 23.8. The molecule has 0 atom stereocenters. The van der Waals surface area contributed by atoms with Gasteiger partial charge in [-0.15, -0.1) is 22.7 Å². The number of allylic oxidation sites excluding steroid dienone is 2. The highest BCUT2D eigenvalue weighted by Gasteiger charge is 2.80. The number of aryl methyl sites for hydroxylation is 2. The summed E-state index contributed by atoms with van der Waals surface area (Å²) in [6, 6.07) is 0. The van der Waals surface area contributed by atoms with Gasteiger partial charge in [-0.2, -0.15) is 26.3 Å². The average Bonchev–Trinajstić information content (AvgIpc) is 3.16. The van der Waals surface area contributed by atoms with Crippen LogP contribution >= 0.6 is 22.7 Å². The molecule has 0 spiro atoms. The minimum absolute atomic E-state index is 0.169. The van der Waals surface area contributed by atoms with Gasteiger partial charge in [0.15, 0.2) is 0 Å². The van der Waals surface area contributed by atoms with Crippen LogP contribution in [0.4, 0.5) is 26.3 Å². The Kier molecular flexibility index (Phi) is 5.86. The van der Waals surface area contributed by atoms with Gasteiger partial charge in [0.05, 0.1) is 11.1 Å². The van der Waals surface area contributed by atoms with Crippen molar-refractivity contribution in [1.82, 2.24) is 0 Å². The lowest BCUT2D eigenvalue weighted by Crippen LogP contribution is -2.48. The molecule has 1 aliphatic heterocycles. The Morgan fingerprint density at radius 3 is 1.41 bits per heavy atom. The molecular formula is C23H24F6OS2. The summed E-state index contributed by atoms with van der Waals surface area (Å²) in [5, 5.41) is 0. The Bertz CT molecular complexity index is 1010. The van der Waals surface area contributed by atoms with Crippen molar-refractivity contribution >= 4 is 33.8 Å². The first-order chi connectivity index (χ1) is 14.8.